The third kappa shape index (κ3) is 2.58. The van der Waals surface area contributed by atoms with E-state index in [9.17, 15) is 4.79 Å². The van der Waals surface area contributed by atoms with Gasteiger partial charge >= 0.3 is 110 Å². The van der Waals surface area contributed by atoms with Gasteiger partial charge in [-0.2, -0.15) is 0 Å². The van der Waals surface area contributed by atoms with E-state index in [1.807, 2.05) is 0 Å². The van der Waals surface area contributed by atoms with Gasteiger partial charge in [-0.3, -0.25) is 0 Å². The number of ether oxygens (including phenoxy) is 1. The van der Waals surface area contributed by atoms with E-state index in [1.165, 1.54) is 7.11 Å². The van der Waals surface area contributed by atoms with Gasteiger partial charge in [-0.1, -0.05) is 0 Å². The van der Waals surface area contributed by atoms with Crippen molar-refractivity contribution in [1.29, 1.82) is 0 Å². The van der Waals surface area contributed by atoms with Gasteiger partial charge in [0.2, 0.25) is 0 Å². The summed E-state index contributed by atoms with van der Waals surface area (Å²) in [6, 6.07) is 0. The average Bonchev–Trinajstić information content (AvgIpc) is 2.75. The number of aromatic nitrogens is 4. The number of tetrazole rings is 1. The van der Waals surface area contributed by atoms with E-state index in [2.05, 4.69) is 15.4 Å². The molecule has 1 aromatic heterocycles. The van der Waals surface area contributed by atoms with Crippen LogP contribution in [0, 0.1) is 5.92 Å². The number of rotatable bonds is 2. The molecule has 0 unspecified atom stereocenters. The van der Waals surface area contributed by atoms with Crippen molar-refractivity contribution < 1.29 is 9.53 Å². The SMILES string of the molecule is COC(=O)C1CCC(c2nn[n]([Tl])n2)CC1. The molecule has 0 spiro atoms. The Bertz CT molecular complexity index is 373. The van der Waals surface area contributed by atoms with Crippen LogP contribution >= 0.6 is 0 Å². The van der Waals surface area contributed by atoms with Gasteiger partial charge < -0.3 is 0 Å². The second-order valence-corrected chi connectivity index (χ2v) is 5.84. The van der Waals surface area contributed by atoms with Crippen LogP contribution in [0.3, 0.4) is 0 Å². The van der Waals surface area contributed by atoms with Crippen molar-refractivity contribution in [3.63, 3.8) is 0 Å². The van der Waals surface area contributed by atoms with Crippen LogP contribution < -0.4 is 0 Å². The fourth-order valence-electron chi connectivity index (χ4n) is 2.15. The van der Waals surface area contributed by atoms with E-state index in [0.29, 0.717) is 32.0 Å². The minimum absolute atomic E-state index is 0.0640. The molecule has 0 amide bonds. The van der Waals surface area contributed by atoms with Crippen LogP contribution in [-0.2, 0) is 9.53 Å². The van der Waals surface area contributed by atoms with Crippen LogP contribution in [0.1, 0.15) is 37.4 Å². The van der Waals surface area contributed by atoms with Crippen LogP contribution in [0.5, 0.6) is 0 Å². The molecule has 1 aliphatic rings. The Morgan fingerprint density at radius 1 is 1.44 bits per heavy atom. The molecule has 0 aromatic carbocycles. The van der Waals surface area contributed by atoms with Gasteiger partial charge in [0.25, 0.3) is 0 Å². The second kappa shape index (κ2) is 5.19. The molecule has 6 nitrogen and oxygen atoms in total. The van der Waals surface area contributed by atoms with Crippen LogP contribution in [-0.4, -0.2) is 57.2 Å². The molecular weight excluding hydrogens is 401 g/mol. The fourth-order valence-corrected chi connectivity index (χ4v) is 2.81. The maximum absolute atomic E-state index is 11.4. The van der Waals surface area contributed by atoms with Crippen LogP contribution in [0.25, 0.3) is 0 Å². The van der Waals surface area contributed by atoms with E-state index in [4.69, 9.17) is 4.74 Å². The molecule has 0 atom stereocenters. The van der Waals surface area contributed by atoms with Gasteiger partial charge in [-0.25, -0.2) is 0 Å². The molecule has 0 radical (unpaired) electrons. The van der Waals surface area contributed by atoms with Gasteiger partial charge in [0.15, 0.2) is 0 Å². The molecule has 16 heavy (non-hydrogen) atoms. The van der Waals surface area contributed by atoms with Gasteiger partial charge in [-0.05, 0) is 0 Å². The van der Waals surface area contributed by atoms with E-state index in [-0.39, 0.29) is 11.9 Å². The third-order valence-corrected chi connectivity index (χ3v) is 3.92. The number of hydrogen-bond acceptors (Lipinski definition) is 5. The number of nitrogens with zero attached hydrogens (tertiary/aromatic N) is 4. The van der Waals surface area contributed by atoms with E-state index >= 15 is 0 Å². The number of esters is 1. The van der Waals surface area contributed by atoms with Crippen molar-refractivity contribution in [2.45, 2.75) is 31.6 Å². The zero-order valence-corrected chi connectivity index (χ0v) is 13.7. The standard InChI is InChI=1S/C9H13N4O2.Tl/c1-15-9(14)7-4-2-6(3-5-7)8-10-12-13-11-8;/h6-7H,2-5H2,1H3;/q-1;+1. The molecule has 1 heterocycles. The van der Waals surface area contributed by atoms with E-state index in [0.717, 1.165) is 31.5 Å². The summed E-state index contributed by atoms with van der Waals surface area (Å²) >= 11 is 0.567. The van der Waals surface area contributed by atoms with Crippen LogP contribution in [0.15, 0.2) is 0 Å². The number of carbonyl (C=O) groups excluding carboxylic acids is 1. The van der Waals surface area contributed by atoms with Crippen molar-refractivity contribution in [2.24, 2.45) is 5.92 Å². The first kappa shape index (κ1) is 11.9. The molecule has 0 bridgehead atoms. The zero-order valence-electron chi connectivity index (χ0n) is 9.17. The Kier molecular flexibility index (Phi) is 3.87. The Hall–Kier alpha value is -0.538. The van der Waals surface area contributed by atoms with E-state index in [1.54, 1.807) is 2.61 Å². The summed E-state index contributed by atoms with van der Waals surface area (Å²) < 4.78 is 6.40. The third-order valence-electron chi connectivity index (χ3n) is 3.07. The van der Waals surface area contributed by atoms with Crippen molar-refractivity contribution in [2.75, 3.05) is 7.11 Å². The van der Waals surface area contributed by atoms with Gasteiger partial charge in [0.1, 0.15) is 0 Å². The summed E-state index contributed by atoms with van der Waals surface area (Å²) in [6.45, 7) is 0. The Labute approximate surface area is 110 Å². The van der Waals surface area contributed by atoms with Crippen molar-refractivity contribution in [1.82, 2.24) is 18.0 Å². The predicted molar refractivity (Wildman–Crippen MR) is 55.7 cm³/mol. The van der Waals surface area contributed by atoms with Crippen molar-refractivity contribution in [3.05, 3.63) is 5.82 Å². The first-order valence-electron chi connectivity index (χ1n) is 5.33. The maximum atomic E-state index is 11.4. The molecule has 1 fully saturated rings. The molecule has 84 valence electrons. The predicted octanol–water partition coefficient (Wildman–Crippen LogP) is 0.0515. The molecule has 0 aliphatic heterocycles. The minimum atomic E-state index is -0.0838. The summed E-state index contributed by atoms with van der Waals surface area (Å²) in [6.07, 6.45) is 3.65. The van der Waals surface area contributed by atoms with Gasteiger partial charge in [0, 0.05) is 0 Å². The fraction of sp³-hybridized carbons (Fsp3) is 0.778. The molecule has 1 aliphatic carbocycles. The van der Waals surface area contributed by atoms with Crippen LogP contribution in [0.2, 0.25) is 0 Å². The first-order valence-corrected chi connectivity index (χ1v) is 7.34. The first-order chi connectivity index (χ1) is 7.70. The van der Waals surface area contributed by atoms with Gasteiger partial charge in [0.05, 0.1) is 0 Å². The number of methoxy groups -OCH3 is 1. The van der Waals surface area contributed by atoms with Gasteiger partial charge in [-0.15, -0.1) is 0 Å². The molecule has 1 aromatic rings. The summed E-state index contributed by atoms with van der Waals surface area (Å²) in [5.74, 6) is 1.19. The summed E-state index contributed by atoms with van der Waals surface area (Å²) in [5, 5.41) is 12.2. The number of hydrogen-bond donors (Lipinski definition) is 0. The second-order valence-electron chi connectivity index (χ2n) is 4.04. The topological polar surface area (TPSA) is 69.9 Å². The molecule has 1 saturated carbocycles. The Morgan fingerprint density at radius 3 is 2.62 bits per heavy atom. The van der Waals surface area contributed by atoms with Crippen molar-refractivity contribution in [3.8, 4) is 0 Å². The quantitative estimate of drug-likeness (QED) is 0.506. The Morgan fingerprint density at radius 2 is 2.12 bits per heavy atom. The normalized spacial score (nSPS) is 25.2. The molecular formula is C9H13N4O2Tl. The zero-order chi connectivity index (χ0) is 11.5. The molecule has 2 rings (SSSR count). The van der Waals surface area contributed by atoms with Crippen LogP contribution in [0.4, 0.5) is 0 Å². The number of carbonyl (C=O) groups is 1. The average molecular weight is 414 g/mol. The summed E-state index contributed by atoms with van der Waals surface area (Å²) in [5.41, 5.74) is 0. The Balaban J connectivity index is 1.92. The molecule has 0 N–H and O–H groups in total. The molecule has 0 saturated heterocycles. The van der Waals surface area contributed by atoms with E-state index < -0.39 is 0 Å². The van der Waals surface area contributed by atoms with Crippen molar-refractivity contribution >= 4 is 32.0 Å². The molecule has 7 heteroatoms. The monoisotopic (exact) mass is 414 g/mol. The summed E-state index contributed by atoms with van der Waals surface area (Å²) in [7, 11) is 1.45. The summed E-state index contributed by atoms with van der Waals surface area (Å²) in [4.78, 5) is 11.4.